The Kier molecular flexibility index (Phi) is 4.33. The summed E-state index contributed by atoms with van der Waals surface area (Å²) in [4.78, 5) is 11.6. The number of hydrogen-bond donors (Lipinski definition) is 2. The van der Waals surface area contributed by atoms with Crippen LogP contribution < -0.4 is 10.6 Å². The molecule has 0 spiro atoms. The molecule has 0 aromatic heterocycles. The fourth-order valence-electron chi connectivity index (χ4n) is 2.11. The van der Waals surface area contributed by atoms with Crippen molar-refractivity contribution in [2.75, 3.05) is 0 Å². The molecular weight excluding hydrogens is 252 g/mol. The van der Waals surface area contributed by atoms with Gasteiger partial charge in [-0.15, -0.1) is 0 Å². The lowest BCUT2D eigenvalue weighted by atomic mass is 10.1. The van der Waals surface area contributed by atoms with Crippen LogP contribution in [0.4, 0.5) is 4.79 Å². The SMILES string of the molecule is Cc1cccc(CNC2CC2NC(=O)OC(C)(C)C)c1. The maximum absolute atomic E-state index is 11.6. The molecule has 0 bridgehead atoms. The van der Waals surface area contributed by atoms with Crippen LogP contribution in [-0.2, 0) is 11.3 Å². The Morgan fingerprint density at radius 3 is 2.75 bits per heavy atom. The second-order valence-electron chi connectivity index (χ2n) is 6.46. The van der Waals surface area contributed by atoms with Gasteiger partial charge in [-0.3, -0.25) is 0 Å². The minimum absolute atomic E-state index is 0.189. The number of benzene rings is 1. The van der Waals surface area contributed by atoms with E-state index in [4.69, 9.17) is 4.74 Å². The summed E-state index contributed by atoms with van der Waals surface area (Å²) in [6, 6.07) is 8.98. The van der Waals surface area contributed by atoms with Crippen molar-refractivity contribution in [3.8, 4) is 0 Å². The number of hydrogen-bond acceptors (Lipinski definition) is 3. The summed E-state index contributed by atoms with van der Waals surface area (Å²) in [5.74, 6) is 0. The quantitative estimate of drug-likeness (QED) is 0.889. The highest BCUT2D eigenvalue weighted by Gasteiger charge is 2.38. The molecule has 4 heteroatoms. The molecule has 2 rings (SSSR count). The van der Waals surface area contributed by atoms with Crippen molar-refractivity contribution < 1.29 is 9.53 Å². The summed E-state index contributed by atoms with van der Waals surface area (Å²) in [6.07, 6.45) is 0.632. The van der Waals surface area contributed by atoms with Gasteiger partial charge >= 0.3 is 6.09 Å². The van der Waals surface area contributed by atoms with Crippen LogP contribution in [0.2, 0.25) is 0 Å². The lowest BCUT2D eigenvalue weighted by Crippen LogP contribution is -2.36. The Balaban J connectivity index is 1.69. The molecule has 1 aromatic carbocycles. The Morgan fingerprint density at radius 2 is 2.10 bits per heavy atom. The average molecular weight is 276 g/mol. The number of aryl methyl sites for hydroxylation is 1. The van der Waals surface area contributed by atoms with Crippen LogP contribution in [-0.4, -0.2) is 23.8 Å². The van der Waals surface area contributed by atoms with Gasteiger partial charge in [0.1, 0.15) is 5.60 Å². The van der Waals surface area contributed by atoms with Crippen LogP contribution in [0.1, 0.15) is 38.3 Å². The van der Waals surface area contributed by atoms with Crippen molar-refractivity contribution in [1.82, 2.24) is 10.6 Å². The molecule has 20 heavy (non-hydrogen) atoms. The van der Waals surface area contributed by atoms with Crippen LogP contribution in [0.3, 0.4) is 0 Å². The maximum atomic E-state index is 11.6. The lowest BCUT2D eigenvalue weighted by molar-refractivity contribution is 0.0522. The van der Waals surface area contributed by atoms with Crippen molar-refractivity contribution in [3.63, 3.8) is 0 Å². The topological polar surface area (TPSA) is 50.4 Å². The average Bonchev–Trinajstić information content (AvgIpc) is 3.02. The smallest absolute Gasteiger partial charge is 0.407 e. The molecule has 0 radical (unpaired) electrons. The van der Waals surface area contributed by atoms with Crippen LogP contribution in [0.25, 0.3) is 0 Å². The first-order valence-corrected chi connectivity index (χ1v) is 7.12. The predicted molar refractivity (Wildman–Crippen MR) is 79.6 cm³/mol. The van der Waals surface area contributed by atoms with E-state index in [2.05, 4.69) is 41.8 Å². The summed E-state index contributed by atoms with van der Waals surface area (Å²) in [5.41, 5.74) is 2.10. The minimum Gasteiger partial charge on any atom is -0.444 e. The van der Waals surface area contributed by atoms with Gasteiger partial charge in [0.05, 0.1) is 0 Å². The first-order chi connectivity index (χ1) is 9.33. The van der Waals surface area contributed by atoms with Gasteiger partial charge in [-0.1, -0.05) is 29.8 Å². The van der Waals surface area contributed by atoms with Crippen LogP contribution in [0.15, 0.2) is 24.3 Å². The Labute approximate surface area is 120 Å². The minimum atomic E-state index is -0.441. The molecule has 0 aliphatic heterocycles. The van der Waals surface area contributed by atoms with Crippen molar-refractivity contribution in [2.45, 2.75) is 58.3 Å². The molecule has 1 aliphatic rings. The van der Waals surface area contributed by atoms with Gasteiger partial charge in [-0.2, -0.15) is 0 Å². The van der Waals surface area contributed by atoms with Gasteiger partial charge in [0.25, 0.3) is 0 Å². The van der Waals surface area contributed by atoms with Crippen molar-refractivity contribution in [3.05, 3.63) is 35.4 Å². The molecule has 1 fully saturated rings. The van der Waals surface area contributed by atoms with Gasteiger partial charge in [-0.25, -0.2) is 4.79 Å². The van der Waals surface area contributed by atoms with E-state index in [1.807, 2.05) is 20.8 Å². The zero-order valence-corrected chi connectivity index (χ0v) is 12.7. The van der Waals surface area contributed by atoms with Gasteiger partial charge < -0.3 is 15.4 Å². The number of alkyl carbamates (subject to hydrolysis) is 1. The number of ether oxygens (including phenoxy) is 1. The van der Waals surface area contributed by atoms with Gasteiger partial charge in [0.15, 0.2) is 0 Å². The fourth-order valence-corrected chi connectivity index (χ4v) is 2.11. The van der Waals surface area contributed by atoms with Crippen LogP contribution in [0.5, 0.6) is 0 Å². The van der Waals surface area contributed by atoms with E-state index in [9.17, 15) is 4.79 Å². The van der Waals surface area contributed by atoms with Crippen molar-refractivity contribution in [1.29, 1.82) is 0 Å². The van der Waals surface area contributed by atoms with E-state index >= 15 is 0 Å². The molecule has 2 N–H and O–H groups in total. The molecular formula is C16H24N2O2. The summed E-state index contributed by atoms with van der Waals surface area (Å²) < 4.78 is 5.24. The highest BCUT2D eigenvalue weighted by atomic mass is 16.6. The second-order valence-corrected chi connectivity index (χ2v) is 6.46. The third-order valence-electron chi connectivity index (χ3n) is 3.14. The summed E-state index contributed by atoms with van der Waals surface area (Å²) in [6.45, 7) is 8.53. The van der Waals surface area contributed by atoms with E-state index < -0.39 is 5.60 Å². The predicted octanol–water partition coefficient (Wildman–Crippen LogP) is 2.75. The van der Waals surface area contributed by atoms with Crippen molar-refractivity contribution in [2.24, 2.45) is 0 Å². The number of rotatable bonds is 4. The summed E-state index contributed by atoms with van der Waals surface area (Å²) in [5, 5.41) is 6.33. The highest BCUT2D eigenvalue weighted by Crippen LogP contribution is 2.22. The zero-order chi connectivity index (χ0) is 14.8. The monoisotopic (exact) mass is 276 g/mol. The molecule has 4 nitrogen and oxygen atoms in total. The Morgan fingerprint density at radius 1 is 1.35 bits per heavy atom. The lowest BCUT2D eigenvalue weighted by Gasteiger charge is -2.19. The molecule has 1 saturated carbocycles. The van der Waals surface area contributed by atoms with Gasteiger partial charge in [-0.05, 0) is 39.7 Å². The van der Waals surface area contributed by atoms with Crippen LogP contribution >= 0.6 is 0 Å². The normalized spacial score (nSPS) is 21.4. The fraction of sp³-hybridized carbons (Fsp3) is 0.562. The first kappa shape index (κ1) is 14.9. The standard InChI is InChI=1S/C16H24N2O2/c1-11-6-5-7-12(8-11)10-17-13-9-14(13)18-15(19)20-16(2,3)4/h5-8,13-14,17H,9-10H2,1-4H3,(H,18,19). The number of amides is 1. The maximum Gasteiger partial charge on any atom is 0.407 e. The Bertz CT molecular complexity index is 480. The summed E-state index contributed by atoms with van der Waals surface area (Å²) >= 11 is 0. The molecule has 0 heterocycles. The number of carbonyl (C=O) groups is 1. The largest absolute Gasteiger partial charge is 0.444 e. The molecule has 1 aliphatic carbocycles. The molecule has 0 saturated heterocycles. The van der Waals surface area contributed by atoms with Crippen LogP contribution in [0, 0.1) is 6.92 Å². The van der Waals surface area contributed by atoms with Gasteiger partial charge in [0, 0.05) is 18.6 Å². The first-order valence-electron chi connectivity index (χ1n) is 7.12. The van der Waals surface area contributed by atoms with E-state index in [1.165, 1.54) is 11.1 Å². The molecule has 1 aromatic rings. The van der Waals surface area contributed by atoms with E-state index in [0.717, 1.165) is 13.0 Å². The third-order valence-corrected chi connectivity index (χ3v) is 3.14. The van der Waals surface area contributed by atoms with Crippen molar-refractivity contribution >= 4 is 6.09 Å². The molecule has 2 unspecified atom stereocenters. The second kappa shape index (κ2) is 5.83. The molecule has 2 atom stereocenters. The number of carbonyl (C=O) groups excluding carboxylic acids is 1. The number of nitrogens with one attached hydrogen (secondary N) is 2. The molecule has 110 valence electrons. The van der Waals surface area contributed by atoms with Gasteiger partial charge in [0.2, 0.25) is 0 Å². The van der Waals surface area contributed by atoms with E-state index in [1.54, 1.807) is 0 Å². The zero-order valence-electron chi connectivity index (χ0n) is 12.7. The highest BCUT2D eigenvalue weighted by molar-refractivity contribution is 5.68. The summed E-state index contributed by atoms with van der Waals surface area (Å²) in [7, 11) is 0. The third kappa shape index (κ3) is 4.85. The molecule has 1 amide bonds. The van der Waals surface area contributed by atoms with E-state index in [0.29, 0.717) is 6.04 Å². The Hall–Kier alpha value is -1.55. The van der Waals surface area contributed by atoms with E-state index in [-0.39, 0.29) is 12.1 Å².